The van der Waals surface area contributed by atoms with Crippen LogP contribution in [-0.2, 0) is 6.54 Å². The maximum atomic E-state index is 4.48. The summed E-state index contributed by atoms with van der Waals surface area (Å²) in [5.74, 6) is 2.85. The Hall–Kier alpha value is -2.81. The molecule has 0 aliphatic rings. The number of anilines is 1. The highest BCUT2D eigenvalue weighted by Gasteiger charge is 2.09. The minimum Gasteiger partial charge on any atom is -0.363 e. The molecule has 0 saturated carbocycles. The Kier molecular flexibility index (Phi) is 3.04. The summed E-state index contributed by atoms with van der Waals surface area (Å²) in [7, 11) is 0. The van der Waals surface area contributed by atoms with Crippen molar-refractivity contribution >= 4 is 22.9 Å². The van der Waals surface area contributed by atoms with E-state index in [1.807, 2.05) is 30.5 Å². The van der Waals surface area contributed by atoms with Crippen molar-refractivity contribution in [3.63, 3.8) is 0 Å². The molecule has 9 heteroatoms. The maximum absolute atomic E-state index is 4.48. The van der Waals surface area contributed by atoms with E-state index >= 15 is 0 Å². The van der Waals surface area contributed by atoms with Crippen LogP contribution in [0.2, 0.25) is 0 Å². The molecule has 4 aromatic heterocycles. The van der Waals surface area contributed by atoms with Gasteiger partial charge in [0.05, 0.1) is 11.4 Å². The SMILES string of the molecule is Cc1cc(NCc2nc(-c3cccs3)n[nH]2)n2ncnc2n1. The summed E-state index contributed by atoms with van der Waals surface area (Å²) >= 11 is 1.61. The normalized spacial score (nSPS) is 11.1. The molecule has 4 aromatic rings. The lowest BCUT2D eigenvalue weighted by molar-refractivity contribution is 0.892. The molecule has 110 valence electrons. The molecule has 0 saturated heterocycles. The van der Waals surface area contributed by atoms with Gasteiger partial charge in [0.2, 0.25) is 0 Å². The van der Waals surface area contributed by atoms with E-state index in [0.29, 0.717) is 18.1 Å². The van der Waals surface area contributed by atoms with Crippen LogP contribution in [0.25, 0.3) is 16.5 Å². The summed E-state index contributed by atoms with van der Waals surface area (Å²) in [6, 6.07) is 5.89. The van der Waals surface area contributed by atoms with Crippen LogP contribution in [0.4, 0.5) is 5.82 Å². The molecule has 0 unspecified atom stereocenters. The molecule has 2 N–H and O–H groups in total. The van der Waals surface area contributed by atoms with E-state index in [9.17, 15) is 0 Å². The van der Waals surface area contributed by atoms with Crippen LogP contribution in [0.1, 0.15) is 11.5 Å². The second-order valence-corrected chi connectivity index (χ2v) is 5.64. The number of nitrogens with one attached hydrogen (secondary N) is 2. The fourth-order valence-corrected chi connectivity index (χ4v) is 2.78. The Morgan fingerprint density at radius 1 is 1.36 bits per heavy atom. The van der Waals surface area contributed by atoms with Crippen molar-refractivity contribution in [1.82, 2.24) is 34.8 Å². The highest BCUT2D eigenvalue weighted by Crippen LogP contribution is 2.20. The molecule has 0 aliphatic carbocycles. The van der Waals surface area contributed by atoms with Crippen LogP contribution in [0.15, 0.2) is 29.9 Å². The summed E-state index contributed by atoms with van der Waals surface area (Å²) in [4.78, 5) is 13.9. The molecule has 0 radical (unpaired) electrons. The topological polar surface area (TPSA) is 96.7 Å². The molecule has 0 aliphatic heterocycles. The van der Waals surface area contributed by atoms with Gasteiger partial charge in [-0.05, 0) is 18.4 Å². The van der Waals surface area contributed by atoms with Gasteiger partial charge >= 0.3 is 0 Å². The Morgan fingerprint density at radius 2 is 2.32 bits per heavy atom. The molecule has 4 rings (SSSR count). The van der Waals surface area contributed by atoms with E-state index in [2.05, 4.69) is 35.6 Å². The summed E-state index contributed by atoms with van der Waals surface area (Å²) in [6.45, 7) is 2.43. The third-order valence-corrected chi connectivity index (χ3v) is 3.96. The Bertz CT molecular complexity index is 907. The highest BCUT2D eigenvalue weighted by molar-refractivity contribution is 7.13. The molecule has 0 aromatic carbocycles. The summed E-state index contributed by atoms with van der Waals surface area (Å²) < 4.78 is 1.66. The second-order valence-electron chi connectivity index (χ2n) is 4.69. The lowest BCUT2D eigenvalue weighted by atomic mass is 10.4. The Morgan fingerprint density at radius 3 is 3.18 bits per heavy atom. The third-order valence-electron chi connectivity index (χ3n) is 3.09. The fraction of sp³-hybridized carbons (Fsp3) is 0.154. The second kappa shape index (κ2) is 5.19. The van der Waals surface area contributed by atoms with Crippen molar-refractivity contribution in [2.24, 2.45) is 0 Å². The molecular weight excluding hydrogens is 300 g/mol. The van der Waals surface area contributed by atoms with Crippen molar-refractivity contribution in [3.05, 3.63) is 41.4 Å². The first-order chi connectivity index (χ1) is 10.8. The zero-order valence-corrected chi connectivity index (χ0v) is 12.5. The number of aryl methyl sites for hydroxylation is 1. The number of nitrogens with zero attached hydrogens (tertiary/aromatic N) is 6. The first-order valence-corrected chi connectivity index (χ1v) is 7.54. The molecule has 4 heterocycles. The van der Waals surface area contributed by atoms with Crippen molar-refractivity contribution in [2.45, 2.75) is 13.5 Å². The van der Waals surface area contributed by atoms with Crippen molar-refractivity contribution in [2.75, 3.05) is 5.32 Å². The molecular formula is C13H12N8S. The van der Waals surface area contributed by atoms with Crippen molar-refractivity contribution in [1.29, 1.82) is 0 Å². The van der Waals surface area contributed by atoms with Gasteiger partial charge in [-0.25, -0.2) is 9.97 Å². The zero-order chi connectivity index (χ0) is 14.9. The van der Waals surface area contributed by atoms with Gasteiger partial charge in [0.25, 0.3) is 5.78 Å². The van der Waals surface area contributed by atoms with Gasteiger partial charge in [0.1, 0.15) is 18.0 Å². The van der Waals surface area contributed by atoms with Crippen molar-refractivity contribution in [3.8, 4) is 10.7 Å². The van der Waals surface area contributed by atoms with Crippen LogP contribution >= 0.6 is 11.3 Å². The van der Waals surface area contributed by atoms with Gasteiger partial charge in [-0.1, -0.05) is 6.07 Å². The smallest absolute Gasteiger partial charge is 0.254 e. The minimum absolute atomic E-state index is 0.511. The van der Waals surface area contributed by atoms with Crippen LogP contribution in [-0.4, -0.2) is 34.8 Å². The minimum atomic E-state index is 0.511. The monoisotopic (exact) mass is 312 g/mol. The van der Waals surface area contributed by atoms with E-state index in [-0.39, 0.29) is 0 Å². The van der Waals surface area contributed by atoms with Crippen LogP contribution < -0.4 is 5.32 Å². The zero-order valence-electron chi connectivity index (χ0n) is 11.7. The summed E-state index contributed by atoms with van der Waals surface area (Å²) in [6.07, 6.45) is 1.48. The average molecular weight is 312 g/mol. The Labute approximate surface area is 129 Å². The molecule has 0 fully saturated rings. The first-order valence-electron chi connectivity index (χ1n) is 6.66. The number of aromatic nitrogens is 7. The predicted molar refractivity (Wildman–Crippen MR) is 82.5 cm³/mol. The predicted octanol–water partition coefficient (Wildman–Crippen LogP) is 1.89. The lowest BCUT2D eigenvalue weighted by Crippen LogP contribution is -2.07. The first kappa shape index (κ1) is 12.9. The number of fused-ring (bicyclic) bond motifs is 1. The van der Waals surface area contributed by atoms with Crippen molar-refractivity contribution < 1.29 is 0 Å². The van der Waals surface area contributed by atoms with Gasteiger partial charge < -0.3 is 5.32 Å². The molecule has 8 nitrogen and oxygen atoms in total. The van der Waals surface area contributed by atoms with Gasteiger partial charge in [-0.3, -0.25) is 5.10 Å². The van der Waals surface area contributed by atoms with Gasteiger partial charge in [0, 0.05) is 11.8 Å². The van der Waals surface area contributed by atoms with Gasteiger partial charge in [0.15, 0.2) is 5.82 Å². The van der Waals surface area contributed by atoms with Crippen LogP contribution in [0.3, 0.4) is 0 Å². The Balaban J connectivity index is 1.56. The van der Waals surface area contributed by atoms with Gasteiger partial charge in [-0.15, -0.1) is 11.3 Å². The van der Waals surface area contributed by atoms with E-state index in [1.165, 1.54) is 6.33 Å². The summed E-state index contributed by atoms with van der Waals surface area (Å²) in [5, 5.41) is 16.6. The maximum Gasteiger partial charge on any atom is 0.254 e. The van der Waals surface area contributed by atoms with E-state index in [0.717, 1.165) is 22.2 Å². The van der Waals surface area contributed by atoms with Crippen LogP contribution in [0, 0.1) is 6.92 Å². The number of rotatable bonds is 4. The number of H-pyrrole nitrogens is 1. The number of aromatic amines is 1. The highest BCUT2D eigenvalue weighted by atomic mass is 32.1. The lowest BCUT2D eigenvalue weighted by Gasteiger charge is -2.06. The molecule has 0 amide bonds. The molecule has 22 heavy (non-hydrogen) atoms. The average Bonchev–Trinajstić information content (AvgIpc) is 3.24. The molecule has 0 spiro atoms. The number of hydrogen-bond donors (Lipinski definition) is 2. The van der Waals surface area contributed by atoms with E-state index in [1.54, 1.807) is 15.9 Å². The fourth-order valence-electron chi connectivity index (χ4n) is 2.12. The van der Waals surface area contributed by atoms with E-state index < -0.39 is 0 Å². The molecule has 0 atom stereocenters. The standard InChI is InChI=1S/C13H12N8S/c1-8-5-11(21-13(17-8)15-7-16-21)14-6-10-18-12(20-19-10)9-3-2-4-22-9/h2-5,7,14H,6H2,1H3,(H,18,19,20). The van der Waals surface area contributed by atoms with Crippen LogP contribution in [0.5, 0.6) is 0 Å². The quantitative estimate of drug-likeness (QED) is 0.597. The largest absolute Gasteiger partial charge is 0.363 e. The number of hydrogen-bond acceptors (Lipinski definition) is 7. The van der Waals surface area contributed by atoms with Gasteiger partial charge in [-0.2, -0.15) is 19.7 Å². The molecule has 0 bridgehead atoms. The summed E-state index contributed by atoms with van der Waals surface area (Å²) in [5.41, 5.74) is 0.875. The number of thiophene rings is 1. The van der Waals surface area contributed by atoms with E-state index in [4.69, 9.17) is 0 Å². The third kappa shape index (κ3) is 2.31.